The van der Waals surface area contributed by atoms with Crippen LogP contribution in [0.2, 0.25) is 0 Å². The highest BCUT2D eigenvalue weighted by Gasteiger charge is 2.48. The third-order valence-electron chi connectivity index (χ3n) is 3.41. The predicted molar refractivity (Wildman–Crippen MR) is 78.3 cm³/mol. The number of hydrogen-bond acceptors (Lipinski definition) is 4. The molecule has 0 radical (unpaired) electrons. The minimum Gasteiger partial charge on any atom is -0.276 e. The molecule has 1 heterocycles. The SMILES string of the molecule is CC1=CC(=O)[N+](C)(c2cc(C(=O)Cl)cc(C(=O)Cl)c2)C1=O. The fourth-order valence-corrected chi connectivity index (χ4v) is 2.39. The zero-order valence-electron chi connectivity index (χ0n) is 11.1. The van der Waals surface area contributed by atoms with E-state index < -0.39 is 26.8 Å². The van der Waals surface area contributed by atoms with Crippen molar-refractivity contribution in [2.75, 3.05) is 7.05 Å². The zero-order valence-corrected chi connectivity index (χ0v) is 12.7. The first kappa shape index (κ1) is 15.6. The van der Waals surface area contributed by atoms with Gasteiger partial charge in [0.1, 0.15) is 5.69 Å². The Labute approximate surface area is 130 Å². The maximum Gasteiger partial charge on any atom is 0.354 e. The molecule has 0 spiro atoms. The van der Waals surface area contributed by atoms with Gasteiger partial charge in [0, 0.05) is 23.3 Å². The lowest BCUT2D eigenvalue weighted by Gasteiger charge is -2.24. The number of carbonyl (C=O) groups excluding carboxylic acids is 4. The van der Waals surface area contributed by atoms with Crippen LogP contribution in [0.4, 0.5) is 5.69 Å². The van der Waals surface area contributed by atoms with Crippen molar-refractivity contribution in [3.8, 4) is 0 Å². The lowest BCUT2D eigenvalue weighted by atomic mass is 10.1. The normalized spacial score (nSPS) is 21.4. The van der Waals surface area contributed by atoms with Crippen LogP contribution in [0.5, 0.6) is 0 Å². The van der Waals surface area contributed by atoms with Crippen molar-refractivity contribution in [3.05, 3.63) is 41.0 Å². The van der Waals surface area contributed by atoms with Crippen LogP contribution in [0.15, 0.2) is 29.8 Å². The van der Waals surface area contributed by atoms with Crippen molar-refractivity contribution in [2.24, 2.45) is 0 Å². The summed E-state index contributed by atoms with van der Waals surface area (Å²) < 4.78 is -0.693. The van der Waals surface area contributed by atoms with Gasteiger partial charge in [-0.15, -0.1) is 0 Å². The zero-order chi connectivity index (χ0) is 15.9. The van der Waals surface area contributed by atoms with Gasteiger partial charge in [-0.2, -0.15) is 4.48 Å². The second kappa shape index (κ2) is 5.18. The van der Waals surface area contributed by atoms with E-state index in [9.17, 15) is 19.2 Å². The van der Waals surface area contributed by atoms with Gasteiger partial charge in [-0.1, -0.05) is 0 Å². The summed E-state index contributed by atoms with van der Waals surface area (Å²) in [7, 11) is 1.39. The van der Waals surface area contributed by atoms with E-state index in [1.54, 1.807) is 0 Å². The topological polar surface area (TPSA) is 68.3 Å². The summed E-state index contributed by atoms with van der Waals surface area (Å²) in [6, 6.07) is 3.83. The Kier molecular flexibility index (Phi) is 3.84. The fourth-order valence-electron chi connectivity index (χ4n) is 2.17. The second-order valence-corrected chi connectivity index (χ2v) is 5.48. The number of nitrogens with zero attached hydrogens (tertiary/aromatic N) is 1. The lowest BCUT2D eigenvalue weighted by Crippen LogP contribution is -2.51. The number of quaternary nitrogens is 1. The summed E-state index contributed by atoms with van der Waals surface area (Å²) >= 11 is 10.8. The summed E-state index contributed by atoms with van der Waals surface area (Å²) in [4.78, 5) is 47.0. The first-order chi connectivity index (χ1) is 9.67. The number of hydrogen-bond donors (Lipinski definition) is 0. The van der Waals surface area contributed by atoms with E-state index in [0.717, 1.165) is 0 Å². The molecule has 21 heavy (non-hydrogen) atoms. The van der Waals surface area contributed by atoms with E-state index >= 15 is 0 Å². The molecule has 0 saturated carbocycles. The summed E-state index contributed by atoms with van der Waals surface area (Å²) in [6.45, 7) is 1.52. The Morgan fingerprint density at radius 3 is 1.81 bits per heavy atom. The van der Waals surface area contributed by atoms with E-state index in [-0.39, 0.29) is 16.8 Å². The summed E-state index contributed by atoms with van der Waals surface area (Å²) in [6.07, 6.45) is 1.22. The molecule has 0 aliphatic carbocycles. The Hall–Kier alpha value is -1.82. The predicted octanol–water partition coefficient (Wildman–Crippen LogP) is 2.39. The average Bonchev–Trinajstić information content (AvgIpc) is 2.62. The van der Waals surface area contributed by atoms with Crippen LogP contribution in [0.3, 0.4) is 0 Å². The Bertz CT molecular complexity index is 706. The first-order valence-corrected chi connectivity index (χ1v) is 6.63. The highest BCUT2D eigenvalue weighted by atomic mass is 35.5. The highest BCUT2D eigenvalue weighted by Crippen LogP contribution is 2.32. The Morgan fingerprint density at radius 1 is 1.00 bits per heavy atom. The lowest BCUT2D eigenvalue weighted by molar-refractivity contribution is -0.134. The molecule has 0 fully saturated rings. The van der Waals surface area contributed by atoms with Crippen molar-refractivity contribution in [1.82, 2.24) is 4.48 Å². The van der Waals surface area contributed by atoms with Gasteiger partial charge in [0.25, 0.3) is 10.5 Å². The van der Waals surface area contributed by atoms with Crippen molar-refractivity contribution in [2.45, 2.75) is 6.92 Å². The van der Waals surface area contributed by atoms with Gasteiger partial charge >= 0.3 is 11.8 Å². The molecule has 1 aliphatic heterocycles. The van der Waals surface area contributed by atoms with Crippen molar-refractivity contribution in [1.29, 1.82) is 0 Å². The van der Waals surface area contributed by atoms with Gasteiger partial charge in [-0.05, 0) is 36.2 Å². The molecule has 7 heteroatoms. The molecule has 1 aromatic rings. The van der Waals surface area contributed by atoms with E-state index in [2.05, 4.69) is 0 Å². The molecule has 1 unspecified atom stereocenters. The first-order valence-electron chi connectivity index (χ1n) is 5.87. The molecule has 1 aromatic carbocycles. The van der Waals surface area contributed by atoms with E-state index in [1.807, 2.05) is 0 Å². The highest BCUT2D eigenvalue weighted by molar-refractivity contribution is 6.69. The number of halogens is 2. The van der Waals surface area contributed by atoms with Crippen molar-refractivity contribution < 1.29 is 19.2 Å². The fraction of sp³-hybridized carbons (Fsp3) is 0.143. The van der Waals surface area contributed by atoms with Gasteiger partial charge in [-0.25, -0.2) is 9.59 Å². The van der Waals surface area contributed by atoms with E-state index in [0.29, 0.717) is 5.57 Å². The third-order valence-corrected chi connectivity index (χ3v) is 3.85. The molecule has 5 nitrogen and oxygen atoms in total. The van der Waals surface area contributed by atoms with E-state index in [1.165, 1.54) is 38.2 Å². The maximum absolute atomic E-state index is 12.2. The van der Waals surface area contributed by atoms with Gasteiger partial charge in [-0.3, -0.25) is 9.59 Å². The molecule has 0 bridgehead atoms. The van der Waals surface area contributed by atoms with Gasteiger partial charge in [0.05, 0.1) is 18.7 Å². The van der Waals surface area contributed by atoms with Gasteiger partial charge < -0.3 is 0 Å². The van der Waals surface area contributed by atoms with E-state index in [4.69, 9.17) is 23.2 Å². The molecule has 1 aliphatic rings. The van der Waals surface area contributed by atoms with Crippen molar-refractivity contribution in [3.63, 3.8) is 0 Å². The number of carbonyl (C=O) groups is 4. The standard InChI is InChI=1S/C14H10Cl2NO4/c1-7-3-11(18)17(2,14(7)21)10-5-8(12(15)19)4-9(6-10)13(16)20/h3-6H,1-2H3/q+1. The van der Waals surface area contributed by atoms with Crippen LogP contribution >= 0.6 is 23.2 Å². The molecular weight excluding hydrogens is 317 g/mol. The van der Waals surface area contributed by atoms with Crippen LogP contribution in [-0.2, 0) is 9.59 Å². The number of amides is 2. The molecule has 108 valence electrons. The summed E-state index contributed by atoms with van der Waals surface area (Å²) in [5.74, 6) is -0.906. The molecule has 2 amide bonds. The molecule has 0 N–H and O–H groups in total. The molecule has 1 atom stereocenters. The number of imide groups is 1. The molecule has 0 saturated heterocycles. The van der Waals surface area contributed by atoms with Crippen LogP contribution in [0.1, 0.15) is 27.6 Å². The molecule has 0 aromatic heterocycles. The van der Waals surface area contributed by atoms with Gasteiger partial charge in [0.2, 0.25) is 0 Å². The second-order valence-electron chi connectivity index (χ2n) is 4.79. The summed E-state index contributed by atoms with van der Waals surface area (Å²) in [5.41, 5.74) is 0.433. The van der Waals surface area contributed by atoms with Crippen LogP contribution in [0.25, 0.3) is 0 Å². The number of likely N-dealkylation sites (N-methyl/N-ethyl adjacent to an activating group) is 1. The van der Waals surface area contributed by atoms with Gasteiger partial charge in [0.15, 0.2) is 0 Å². The minimum atomic E-state index is -0.814. The Morgan fingerprint density at radius 2 is 1.48 bits per heavy atom. The minimum absolute atomic E-state index is 0.0114. The van der Waals surface area contributed by atoms with Crippen LogP contribution < -0.4 is 4.48 Å². The molecular formula is C14H10Cl2NO4+. The quantitative estimate of drug-likeness (QED) is 0.486. The smallest absolute Gasteiger partial charge is 0.276 e. The average molecular weight is 327 g/mol. The number of benzene rings is 1. The number of rotatable bonds is 3. The van der Waals surface area contributed by atoms with Crippen LogP contribution in [-0.4, -0.2) is 29.3 Å². The summed E-state index contributed by atoms with van der Waals surface area (Å²) in [5, 5.41) is -1.63. The monoisotopic (exact) mass is 326 g/mol. The van der Waals surface area contributed by atoms with Crippen molar-refractivity contribution >= 4 is 51.2 Å². The van der Waals surface area contributed by atoms with Crippen LogP contribution in [0, 0.1) is 0 Å². The Balaban J connectivity index is 2.69. The largest absolute Gasteiger partial charge is 0.354 e. The molecule has 2 rings (SSSR count). The third kappa shape index (κ3) is 2.44. The maximum atomic E-state index is 12.2.